The molecule has 0 aromatic carbocycles. The van der Waals surface area contributed by atoms with Gasteiger partial charge < -0.3 is 0 Å². The Balaban J connectivity index is 2.42. The van der Waals surface area contributed by atoms with E-state index >= 15 is 0 Å². The molecule has 2 nitrogen and oxygen atoms in total. The Morgan fingerprint density at radius 1 is 1.60 bits per heavy atom. The summed E-state index contributed by atoms with van der Waals surface area (Å²) in [5.41, 5.74) is 0. The minimum Gasteiger partial charge on any atom is -0.143 e. The van der Waals surface area contributed by atoms with E-state index in [1.54, 1.807) is 23.1 Å². The van der Waals surface area contributed by atoms with Crippen molar-refractivity contribution in [1.29, 1.82) is 0 Å². The van der Waals surface area contributed by atoms with E-state index in [1.165, 1.54) is 0 Å². The van der Waals surface area contributed by atoms with Crippen LogP contribution in [0, 0.1) is 6.92 Å². The summed E-state index contributed by atoms with van der Waals surface area (Å²) in [6.07, 6.45) is 0. The van der Waals surface area contributed by atoms with Gasteiger partial charge in [0, 0.05) is 11.6 Å². The molecule has 0 radical (unpaired) electrons. The first-order valence-electron chi connectivity index (χ1n) is 2.82. The summed E-state index contributed by atoms with van der Waals surface area (Å²) < 4.78 is 1.01. The predicted molar refractivity (Wildman–Crippen MR) is 46.1 cm³/mol. The molecule has 0 unspecified atom stereocenters. The molecule has 5 heteroatoms. The van der Waals surface area contributed by atoms with Crippen molar-refractivity contribution in [3.05, 3.63) is 5.01 Å². The van der Waals surface area contributed by atoms with Gasteiger partial charge in [0.2, 0.25) is 0 Å². The molecule has 10 heavy (non-hydrogen) atoms. The van der Waals surface area contributed by atoms with Gasteiger partial charge >= 0.3 is 0 Å². The smallest absolute Gasteiger partial charge is 0.143 e. The molecule has 0 aliphatic rings. The molecule has 0 saturated carbocycles. The first-order chi connectivity index (χ1) is 4.83. The standard InChI is InChI=1S/C5H7ClN2S2/c1-4-7-8-5(10-4)9-3-2-6/h2-3H2,1H3. The van der Waals surface area contributed by atoms with Gasteiger partial charge in [-0.1, -0.05) is 23.1 Å². The Labute approximate surface area is 73.0 Å². The maximum atomic E-state index is 5.49. The fourth-order valence-corrected chi connectivity index (χ4v) is 2.31. The minimum atomic E-state index is 0.670. The fourth-order valence-electron chi connectivity index (χ4n) is 0.463. The second kappa shape index (κ2) is 4.16. The Morgan fingerprint density at radius 3 is 2.90 bits per heavy atom. The Kier molecular flexibility index (Phi) is 3.45. The number of alkyl halides is 1. The summed E-state index contributed by atoms with van der Waals surface area (Å²) in [6, 6.07) is 0. The van der Waals surface area contributed by atoms with Crippen LogP contribution in [-0.4, -0.2) is 21.8 Å². The normalized spacial score (nSPS) is 10.2. The lowest BCUT2D eigenvalue weighted by Gasteiger charge is -1.86. The number of rotatable bonds is 3. The largest absolute Gasteiger partial charge is 0.174 e. The maximum Gasteiger partial charge on any atom is 0.174 e. The highest BCUT2D eigenvalue weighted by molar-refractivity contribution is 8.01. The third-order valence-corrected chi connectivity index (χ3v) is 3.20. The molecule has 1 aromatic heterocycles. The molecule has 0 aliphatic heterocycles. The molecule has 0 aliphatic carbocycles. The quantitative estimate of drug-likeness (QED) is 0.545. The monoisotopic (exact) mass is 194 g/mol. The molecule has 0 amide bonds. The minimum absolute atomic E-state index is 0.670. The summed E-state index contributed by atoms with van der Waals surface area (Å²) in [6.45, 7) is 1.95. The van der Waals surface area contributed by atoms with Crippen molar-refractivity contribution in [3.63, 3.8) is 0 Å². The number of nitrogens with zero attached hydrogens (tertiary/aromatic N) is 2. The van der Waals surface area contributed by atoms with Crippen LogP contribution in [0.2, 0.25) is 0 Å². The van der Waals surface area contributed by atoms with Gasteiger partial charge in [-0.2, -0.15) is 0 Å². The zero-order valence-corrected chi connectivity index (χ0v) is 7.89. The zero-order chi connectivity index (χ0) is 7.40. The molecule has 0 atom stereocenters. The predicted octanol–water partition coefficient (Wildman–Crippen LogP) is 2.18. The summed E-state index contributed by atoms with van der Waals surface area (Å²) in [7, 11) is 0. The van der Waals surface area contributed by atoms with Gasteiger partial charge in [-0.05, 0) is 6.92 Å². The van der Waals surface area contributed by atoms with E-state index in [2.05, 4.69) is 10.2 Å². The topological polar surface area (TPSA) is 25.8 Å². The van der Waals surface area contributed by atoms with E-state index < -0.39 is 0 Å². The van der Waals surface area contributed by atoms with Crippen molar-refractivity contribution in [2.75, 3.05) is 11.6 Å². The van der Waals surface area contributed by atoms with Gasteiger partial charge in [0.25, 0.3) is 0 Å². The van der Waals surface area contributed by atoms with Crippen LogP contribution in [-0.2, 0) is 0 Å². The lowest BCUT2D eigenvalue weighted by Crippen LogP contribution is -1.77. The summed E-state index contributed by atoms with van der Waals surface area (Å²) in [5, 5.41) is 8.81. The lowest BCUT2D eigenvalue weighted by atomic mass is 10.9. The molecule has 0 bridgehead atoms. The lowest BCUT2D eigenvalue weighted by molar-refractivity contribution is 0.984. The van der Waals surface area contributed by atoms with E-state index in [0.29, 0.717) is 5.88 Å². The van der Waals surface area contributed by atoms with Crippen LogP contribution < -0.4 is 0 Å². The highest BCUT2D eigenvalue weighted by atomic mass is 35.5. The van der Waals surface area contributed by atoms with Crippen molar-refractivity contribution in [2.24, 2.45) is 0 Å². The second-order valence-electron chi connectivity index (χ2n) is 1.62. The zero-order valence-electron chi connectivity index (χ0n) is 5.50. The average Bonchev–Trinajstić information content (AvgIpc) is 2.31. The van der Waals surface area contributed by atoms with Crippen molar-refractivity contribution >= 4 is 34.7 Å². The Bertz CT molecular complexity index is 201. The highest BCUT2D eigenvalue weighted by Gasteiger charge is 1.98. The van der Waals surface area contributed by atoms with Gasteiger partial charge in [-0.25, -0.2) is 0 Å². The first-order valence-corrected chi connectivity index (χ1v) is 5.15. The number of hydrogen-bond donors (Lipinski definition) is 0. The third-order valence-electron chi connectivity index (χ3n) is 0.810. The number of aromatic nitrogens is 2. The molecule has 0 fully saturated rings. The molecule has 0 N–H and O–H groups in total. The second-order valence-corrected chi connectivity index (χ2v) is 4.53. The van der Waals surface area contributed by atoms with Crippen molar-refractivity contribution in [3.8, 4) is 0 Å². The molecule has 1 aromatic rings. The number of thioether (sulfide) groups is 1. The van der Waals surface area contributed by atoms with E-state index in [9.17, 15) is 0 Å². The van der Waals surface area contributed by atoms with Crippen LogP contribution in [0.25, 0.3) is 0 Å². The first kappa shape index (κ1) is 8.30. The van der Waals surface area contributed by atoms with Crippen LogP contribution in [0.3, 0.4) is 0 Å². The van der Waals surface area contributed by atoms with E-state index in [-0.39, 0.29) is 0 Å². The average molecular weight is 195 g/mol. The van der Waals surface area contributed by atoms with Crippen LogP contribution in [0.4, 0.5) is 0 Å². The van der Waals surface area contributed by atoms with Gasteiger partial charge in [0.05, 0.1) is 0 Å². The van der Waals surface area contributed by atoms with Crippen LogP contribution in [0.1, 0.15) is 5.01 Å². The van der Waals surface area contributed by atoms with Crippen LogP contribution in [0.15, 0.2) is 4.34 Å². The van der Waals surface area contributed by atoms with E-state index in [4.69, 9.17) is 11.6 Å². The van der Waals surface area contributed by atoms with E-state index in [0.717, 1.165) is 15.1 Å². The summed E-state index contributed by atoms with van der Waals surface area (Å²) in [5.74, 6) is 1.58. The molecule has 1 rings (SSSR count). The molecule has 56 valence electrons. The molecule has 1 heterocycles. The van der Waals surface area contributed by atoms with Crippen molar-refractivity contribution in [1.82, 2.24) is 10.2 Å². The molecular formula is C5H7ClN2S2. The molecule has 0 spiro atoms. The number of hydrogen-bond acceptors (Lipinski definition) is 4. The third kappa shape index (κ3) is 2.44. The molecule has 0 saturated heterocycles. The highest BCUT2D eigenvalue weighted by Crippen LogP contribution is 2.21. The van der Waals surface area contributed by atoms with Crippen molar-refractivity contribution in [2.45, 2.75) is 11.3 Å². The van der Waals surface area contributed by atoms with Crippen molar-refractivity contribution < 1.29 is 0 Å². The Hall–Kier alpha value is 0.200. The maximum absolute atomic E-state index is 5.49. The van der Waals surface area contributed by atoms with Gasteiger partial charge in [0.15, 0.2) is 4.34 Å². The Morgan fingerprint density at radius 2 is 2.40 bits per heavy atom. The van der Waals surface area contributed by atoms with Gasteiger partial charge in [-0.3, -0.25) is 0 Å². The summed E-state index contributed by atoms with van der Waals surface area (Å²) >= 11 is 8.76. The molecular weight excluding hydrogens is 188 g/mol. The van der Waals surface area contributed by atoms with Crippen LogP contribution >= 0.6 is 34.7 Å². The SMILES string of the molecule is Cc1nnc(SCCCl)s1. The summed E-state index contributed by atoms with van der Waals surface area (Å²) in [4.78, 5) is 0. The van der Waals surface area contributed by atoms with Gasteiger partial charge in [0.1, 0.15) is 5.01 Å². The van der Waals surface area contributed by atoms with Gasteiger partial charge in [-0.15, -0.1) is 21.8 Å². The fraction of sp³-hybridized carbons (Fsp3) is 0.600. The van der Waals surface area contributed by atoms with E-state index in [1.807, 2.05) is 6.92 Å². The number of halogens is 1. The van der Waals surface area contributed by atoms with Crippen LogP contribution in [0.5, 0.6) is 0 Å². The number of aryl methyl sites for hydroxylation is 1.